The Morgan fingerprint density at radius 2 is 1.87 bits per heavy atom. The van der Waals surface area contributed by atoms with Crippen LogP contribution in [0.2, 0.25) is 0 Å². The van der Waals surface area contributed by atoms with Crippen LogP contribution in [0.1, 0.15) is 58.3 Å². The maximum absolute atomic E-state index is 10.9. The lowest BCUT2D eigenvalue weighted by Gasteiger charge is -2.36. The zero-order valence-electron chi connectivity index (χ0n) is 9.67. The van der Waals surface area contributed by atoms with Crippen molar-refractivity contribution in [2.24, 2.45) is 11.1 Å². The van der Waals surface area contributed by atoms with Gasteiger partial charge in [0.15, 0.2) is 0 Å². The summed E-state index contributed by atoms with van der Waals surface area (Å²) < 4.78 is 0. The van der Waals surface area contributed by atoms with Crippen molar-refractivity contribution in [3.8, 4) is 0 Å². The van der Waals surface area contributed by atoms with Gasteiger partial charge in [0.2, 0.25) is 0 Å². The molecule has 0 amide bonds. The van der Waals surface area contributed by atoms with Crippen molar-refractivity contribution in [2.75, 3.05) is 0 Å². The average molecular weight is 213 g/mol. The molecule has 1 atom stereocenters. The minimum Gasteiger partial charge on any atom is -0.481 e. The van der Waals surface area contributed by atoms with Crippen molar-refractivity contribution in [3.05, 3.63) is 0 Å². The van der Waals surface area contributed by atoms with Crippen LogP contribution in [-0.2, 0) is 4.79 Å². The summed E-state index contributed by atoms with van der Waals surface area (Å²) in [5.41, 5.74) is 6.01. The van der Waals surface area contributed by atoms with Crippen LogP contribution in [0.15, 0.2) is 0 Å². The van der Waals surface area contributed by atoms with Gasteiger partial charge in [-0.15, -0.1) is 0 Å². The van der Waals surface area contributed by atoms with E-state index in [9.17, 15) is 4.79 Å². The van der Waals surface area contributed by atoms with E-state index in [0.29, 0.717) is 0 Å². The molecule has 1 unspecified atom stereocenters. The fourth-order valence-electron chi connectivity index (χ4n) is 2.85. The summed E-state index contributed by atoms with van der Waals surface area (Å²) >= 11 is 0. The standard InChI is InChI=1S/C12H23NO2/c1-2-10(13)12(9-11(14)15)7-5-3-4-6-8-12/h10H,2-9,13H2,1H3,(H,14,15). The van der Waals surface area contributed by atoms with E-state index >= 15 is 0 Å². The van der Waals surface area contributed by atoms with E-state index in [1.54, 1.807) is 0 Å². The Morgan fingerprint density at radius 3 is 2.27 bits per heavy atom. The van der Waals surface area contributed by atoms with Crippen molar-refractivity contribution in [3.63, 3.8) is 0 Å². The van der Waals surface area contributed by atoms with Crippen molar-refractivity contribution >= 4 is 5.97 Å². The van der Waals surface area contributed by atoms with E-state index in [2.05, 4.69) is 6.92 Å². The van der Waals surface area contributed by atoms with Gasteiger partial charge in [0.1, 0.15) is 0 Å². The number of nitrogens with two attached hydrogens (primary N) is 1. The van der Waals surface area contributed by atoms with E-state index in [4.69, 9.17) is 10.8 Å². The molecule has 0 saturated heterocycles. The molecular formula is C12H23NO2. The van der Waals surface area contributed by atoms with Crippen LogP contribution in [0, 0.1) is 5.41 Å². The SMILES string of the molecule is CCC(N)C1(CC(=O)O)CCCCCC1. The van der Waals surface area contributed by atoms with E-state index < -0.39 is 5.97 Å². The van der Waals surface area contributed by atoms with Gasteiger partial charge in [0.25, 0.3) is 0 Å². The number of hydrogen-bond acceptors (Lipinski definition) is 2. The third-order valence-electron chi connectivity index (χ3n) is 3.83. The number of carboxylic acid groups (broad SMARTS) is 1. The highest BCUT2D eigenvalue weighted by Gasteiger charge is 2.37. The van der Waals surface area contributed by atoms with Gasteiger partial charge in [0, 0.05) is 6.04 Å². The molecule has 1 aliphatic carbocycles. The number of rotatable bonds is 4. The third kappa shape index (κ3) is 3.20. The highest BCUT2D eigenvalue weighted by atomic mass is 16.4. The largest absolute Gasteiger partial charge is 0.481 e. The molecule has 3 heteroatoms. The number of carboxylic acids is 1. The van der Waals surface area contributed by atoms with Gasteiger partial charge in [-0.3, -0.25) is 4.79 Å². The Bertz CT molecular complexity index is 208. The third-order valence-corrected chi connectivity index (χ3v) is 3.83. The maximum Gasteiger partial charge on any atom is 0.303 e. The topological polar surface area (TPSA) is 63.3 Å². The van der Waals surface area contributed by atoms with Crippen molar-refractivity contribution in [2.45, 2.75) is 64.3 Å². The highest BCUT2D eigenvalue weighted by Crippen LogP contribution is 2.41. The normalized spacial score (nSPS) is 23.1. The lowest BCUT2D eigenvalue weighted by molar-refractivity contribution is -0.140. The summed E-state index contributed by atoms with van der Waals surface area (Å²) in [6.07, 6.45) is 7.87. The van der Waals surface area contributed by atoms with Crippen LogP contribution in [0.5, 0.6) is 0 Å². The zero-order chi connectivity index (χ0) is 11.3. The van der Waals surface area contributed by atoms with Crippen LogP contribution in [0.3, 0.4) is 0 Å². The first-order valence-electron chi connectivity index (χ1n) is 6.08. The lowest BCUT2D eigenvalue weighted by atomic mass is 9.71. The Hall–Kier alpha value is -0.570. The van der Waals surface area contributed by atoms with Crippen molar-refractivity contribution in [1.82, 2.24) is 0 Å². The quantitative estimate of drug-likeness (QED) is 0.705. The van der Waals surface area contributed by atoms with Gasteiger partial charge in [-0.2, -0.15) is 0 Å². The number of aliphatic carboxylic acids is 1. The Labute approximate surface area is 92.0 Å². The minimum absolute atomic E-state index is 0.0479. The molecule has 88 valence electrons. The van der Waals surface area contributed by atoms with Gasteiger partial charge in [-0.25, -0.2) is 0 Å². The lowest BCUT2D eigenvalue weighted by Crippen LogP contribution is -2.42. The molecule has 0 spiro atoms. The van der Waals surface area contributed by atoms with Crippen LogP contribution in [-0.4, -0.2) is 17.1 Å². The molecule has 3 N–H and O–H groups in total. The predicted octanol–water partition coefficient (Wildman–Crippen LogP) is 2.54. The first kappa shape index (κ1) is 12.5. The second kappa shape index (κ2) is 5.50. The summed E-state index contributed by atoms with van der Waals surface area (Å²) in [5, 5.41) is 9.01. The molecule has 1 saturated carbocycles. The monoisotopic (exact) mass is 213 g/mol. The van der Waals surface area contributed by atoms with Gasteiger partial charge >= 0.3 is 5.97 Å². The first-order chi connectivity index (χ1) is 7.10. The van der Waals surface area contributed by atoms with E-state index in [-0.39, 0.29) is 17.9 Å². The first-order valence-corrected chi connectivity index (χ1v) is 6.08. The van der Waals surface area contributed by atoms with E-state index in [0.717, 1.165) is 32.1 Å². The van der Waals surface area contributed by atoms with Crippen LogP contribution >= 0.6 is 0 Å². The second-order valence-corrected chi connectivity index (χ2v) is 4.86. The molecule has 0 radical (unpaired) electrons. The number of hydrogen-bond donors (Lipinski definition) is 2. The molecule has 1 aliphatic rings. The Morgan fingerprint density at radius 1 is 1.33 bits per heavy atom. The molecule has 1 fully saturated rings. The molecule has 0 bridgehead atoms. The fourth-order valence-corrected chi connectivity index (χ4v) is 2.85. The molecule has 15 heavy (non-hydrogen) atoms. The predicted molar refractivity (Wildman–Crippen MR) is 60.7 cm³/mol. The smallest absolute Gasteiger partial charge is 0.303 e. The summed E-state index contributed by atoms with van der Waals surface area (Å²) in [7, 11) is 0. The van der Waals surface area contributed by atoms with Crippen LogP contribution in [0.25, 0.3) is 0 Å². The highest BCUT2D eigenvalue weighted by molar-refractivity contribution is 5.67. The molecule has 3 nitrogen and oxygen atoms in total. The molecule has 1 rings (SSSR count). The summed E-state index contributed by atoms with van der Waals surface area (Å²) in [5.74, 6) is -0.694. The van der Waals surface area contributed by atoms with Gasteiger partial charge < -0.3 is 10.8 Å². The number of carbonyl (C=O) groups is 1. The van der Waals surface area contributed by atoms with Crippen LogP contribution in [0.4, 0.5) is 0 Å². The van der Waals surface area contributed by atoms with Crippen molar-refractivity contribution < 1.29 is 9.90 Å². The molecule has 0 aromatic carbocycles. The van der Waals surface area contributed by atoms with E-state index in [1.165, 1.54) is 12.8 Å². The Balaban J connectivity index is 2.76. The van der Waals surface area contributed by atoms with Gasteiger partial charge in [-0.1, -0.05) is 32.6 Å². The van der Waals surface area contributed by atoms with Crippen molar-refractivity contribution in [1.29, 1.82) is 0 Å². The van der Waals surface area contributed by atoms with E-state index in [1.807, 2.05) is 0 Å². The molecular weight excluding hydrogens is 190 g/mol. The maximum atomic E-state index is 10.9. The molecule has 0 aromatic heterocycles. The second-order valence-electron chi connectivity index (χ2n) is 4.86. The Kier molecular flexibility index (Phi) is 4.58. The van der Waals surface area contributed by atoms with Crippen LogP contribution < -0.4 is 5.73 Å². The van der Waals surface area contributed by atoms with Gasteiger partial charge in [-0.05, 0) is 24.7 Å². The minimum atomic E-state index is -0.694. The zero-order valence-corrected chi connectivity index (χ0v) is 9.67. The summed E-state index contributed by atoms with van der Waals surface area (Å²) in [6, 6.07) is 0.0479. The summed E-state index contributed by atoms with van der Waals surface area (Å²) in [6.45, 7) is 2.05. The molecule has 0 heterocycles. The van der Waals surface area contributed by atoms with Gasteiger partial charge in [0.05, 0.1) is 6.42 Å². The molecule has 0 aliphatic heterocycles. The summed E-state index contributed by atoms with van der Waals surface area (Å²) in [4.78, 5) is 10.9. The molecule has 0 aromatic rings. The fraction of sp³-hybridized carbons (Fsp3) is 0.917. The average Bonchev–Trinajstić information content (AvgIpc) is 2.42.